The molecule has 1 N–H and O–H groups in total. The first-order chi connectivity index (χ1) is 19.7. The number of nitrogens with zero attached hydrogens (tertiary/aromatic N) is 3. The summed E-state index contributed by atoms with van der Waals surface area (Å²) in [7, 11) is 0. The molecule has 41 heavy (non-hydrogen) atoms. The van der Waals surface area contributed by atoms with Gasteiger partial charge in [0, 0.05) is 30.7 Å². The predicted octanol–water partition coefficient (Wildman–Crippen LogP) is 4.21. The lowest BCUT2D eigenvalue weighted by Gasteiger charge is -2.35. The van der Waals surface area contributed by atoms with Crippen LogP contribution >= 0.6 is 0 Å². The number of carbonyl (C=O) groups is 2. The maximum absolute atomic E-state index is 13.8. The summed E-state index contributed by atoms with van der Waals surface area (Å²) in [5, 5.41) is 15.8. The Morgan fingerprint density at radius 1 is 1.17 bits per heavy atom. The molecule has 2 aliphatic rings. The maximum atomic E-state index is 13.8. The Morgan fingerprint density at radius 2 is 1.95 bits per heavy atom. The quantitative estimate of drug-likeness (QED) is 0.178. The van der Waals surface area contributed by atoms with E-state index in [1.807, 2.05) is 30.3 Å². The molecule has 2 aromatic heterocycles. The highest BCUT2D eigenvalue weighted by Gasteiger charge is 2.50. The molecule has 4 heterocycles. The molecule has 2 aromatic carbocycles. The van der Waals surface area contributed by atoms with Gasteiger partial charge < -0.3 is 19.4 Å². The second-order valence-corrected chi connectivity index (χ2v) is 10.1. The number of rotatable bonds is 7. The van der Waals surface area contributed by atoms with Gasteiger partial charge in [-0.15, -0.1) is 0 Å². The van der Waals surface area contributed by atoms with Gasteiger partial charge in [-0.05, 0) is 30.5 Å². The van der Waals surface area contributed by atoms with Crippen LogP contribution in [-0.4, -0.2) is 33.0 Å². The van der Waals surface area contributed by atoms with Gasteiger partial charge in [0.1, 0.15) is 12.0 Å². The molecule has 2 aliphatic heterocycles. The molecule has 0 radical (unpaired) electrons. The van der Waals surface area contributed by atoms with Gasteiger partial charge in [0.25, 0.3) is 11.2 Å². The SMILES string of the molecule is CC[C@@]1(OC(C)=O)C(=O)OCc2c1cc1n(c2=O)Cc2c-1nc1cccc([N+](=O)[O-])c1c2NCCc1ccccc1. The molecule has 0 amide bonds. The highest BCUT2D eigenvalue weighted by atomic mass is 16.6. The average Bonchev–Trinajstić information content (AvgIpc) is 3.33. The van der Waals surface area contributed by atoms with Crippen LogP contribution in [0.3, 0.4) is 0 Å². The first kappa shape index (κ1) is 26.2. The molecule has 1 atom stereocenters. The van der Waals surface area contributed by atoms with Crippen LogP contribution in [0.1, 0.15) is 42.5 Å². The van der Waals surface area contributed by atoms with Crippen molar-refractivity contribution in [2.45, 2.75) is 45.4 Å². The number of hydrogen-bond donors (Lipinski definition) is 1. The molecule has 0 aliphatic carbocycles. The van der Waals surface area contributed by atoms with Crippen LogP contribution in [-0.2, 0) is 44.2 Å². The van der Waals surface area contributed by atoms with Crippen molar-refractivity contribution < 1.29 is 24.0 Å². The zero-order chi connectivity index (χ0) is 28.9. The topological polar surface area (TPSA) is 143 Å². The Labute approximate surface area is 233 Å². The van der Waals surface area contributed by atoms with Gasteiger partial charge in [0.2, 0.25) is 5.60 Å². The zero-order valence-corrected chi connectivity index (χ0v) is 22.4. The third kappa shape index (κ3) is 4.12. The van der Waals surface area contributed by atoms with E-state index in [4.69, 9.17) is 14.5 Å². The largest absolute Gasteiger partial charge is 0.457 e. The number of nitrogens with one attached hydrogen (secondary N) is 1. The van der Waals surface area contributed by atoms with Crippen molar-refractivity contribution in [1.82, 2.24) is 9.55 Å². The molecule has 208 valence electrons. The van der Waals surface area contributed by atoms with E-state index in [2.05, 4.69) is 5.32 Å². The van der Waals surface area contributed by atoms with E-state index in [9.17, 15) is 24.5 Å². The monoisotopic (exact) mass is 554 g/mol. The standard InChI is InChI=1S/C30H26N4O7/c1-3-30(41-17(2)35)21-14-24-26-19(15-33(24)28(36)20(21)16-40-29(30)37)27(31-13-12-18-8-5-4-6-9-18)25-22(32-26)10-7-11-23(25)34(38)39/h4-11,14H,3,12-13,15-16H2,1-2H3,(H,31,32)/t30-/m0/s1. The number of ether oxygens (including phenoxy) is 2. The highest BCUT2D eigenvalue weighted by molar-refractivity contribution is 6.03. The molecule has 0 fully saturated rings. The van der Waals surface area contributed by atoms with Gasteiger partial charge >= 0.3 is 11.9 Å². The van der Waals surface area contributed by atoms with Crippen LogP contribution in [0.4, 0.5) is 11.4 Å². The van der Waals surface area contributed by atoms with E-state index in [-0.39, 0.29) is 36.4 Å². The summed E-state index contributed by atoms with van der Waals surface area (Å²) in [6, 6.07) is 16.2. The molecule has 0 saturated carbocycles. The molecule has 6 rings (SSSR count). The van der Waals surface area contributed by atoms with Gasteiger partial charge in [0.05, 0.1) is 39.6 Å². The minimum Gasteiger partial charge on any atom is -0.457 e. The first-order valence-corrected chi connectivity index (χ1v) is 13.3. The predicted molar refractivity (Wildman–Crippen MR) is 149 cm³/mol. The Balaban J connectivity index is 1.55. The molecular formula is C30H26N4O7. The number of hydrogen-bond acceptors (Lipinski definition) is 9. The Bertz CT molecular complexity index is 1820. The van der Waals surface area contributed by atoms with Crippen LogP contribution in [0, 0.1) is 10.1 Å². The number of fused-ring (bicyclic) bond motifs is 5. The number of aromatic nitrogens is 2. The number of nitro benzene ring substituents is 1. The fourth-order valence-corrected chi connectivity index (χ4v) is 5.84. The fourth-order valence-electron chi connectivity index (χ4n) is 5.84. The Kier molecular flexibility index (Phi) is 6.29. The third-order valence-electron chi connectivity index (χ3n) is 7.73. The van der Waals surface area contributed by atoms with Crippen molar-refractivity contribution in [3.63, 3.8) is 0 Å². The Hall–Kier alpha value is -5.06. The first-order valence-electron chi connectivity index (χ1n) is 13.3. The molecule has 0 saturated heterocycles. The summed E-state index contributed by atoms with van der Waals surface area (Å²) >= 11 is 0. The van der Waals surface area contributed by atoms with Gasteiger partial charge in [-0.25, -0.2) is 9.78 Å². The van der Waals surface area contributed by atoms with Gasteiger partial charge in [-0.1, -0.05) is 43.3 Å². The number of esters is 2. The summed E-state index contributed by atoms with van der Waals surface area (Å²) in [5.41, 5.74) is 1.78. The van der Waals surface area contributed by atoms with Crippen molar-refractivity contribution in [2.24, 2.45) is 0 Å². The second kappa shape index (κ2) is 9.84. The van der Waals surface area contributed by atoms with Crippen LogP contribution in [0.2, 0.25) is 0 Å². The highest BCUT2D eigenvalue weighted by Crippen LogP contribution is 2.44. The molecule has 4 aromatic rings. The van der Waals surface area contributed by atoms with Gasteiger partial charge in [-0.3, -0.25) is 19.7 Å². The van der Waals surface area contributed by atoms with Crippen molar-refractivity contribution in [1.29, 1.82) is 0 Å². The van der Waals surface area contributed by atoms with E-state index >= 15 is 0 Å². The molecule has 0 spiro atoms. The smallest absolute Gasteiger partial charge is 0.355 e. The van der Waals surface area contributed by atoms with Crippen LogP contribution in [0.25, 0.3) is 22.3 Å². The minimum atomic E-state index is -1.76. The minimum absolute atomic E-state index is 0.0673. The lowest BCUT2D eigenvalue weighted by Crippen LogP contribution is -2.47. The molecule has 0 unspecified atom stereocenters. The van der Waals surface area contributed by atoms with E-state index in [1.54, 1.807) is 25.1 Å². The number of anilines is 1. The van der Waals surface area contributed by atoms with Crippen molar-refractivity contribution >= 4 is 34.2 Å². The van der Waals surface area contributed by atoms with Crippen molar-refractivity contribution in [2.75, 3.05) is 11.9 Å². The molecular weight excluding hydrogens is 528 g/mol. The third-order valence-corrected chi connectivity index (χ3v) is 7.73. The summed E-state index contributed by atoms with van der Waals surface area (Å²) in [6.45, 7) is 3.22. The molecule has 11 heteroatoms. The summed E-state index contributed by atoms with van der Waals surface area (Å²) < 4.78 is 12.4. The zero-order valence-electron chi connectivity index (χ0n) is 22.4. The number of non-ortho nitro benzene ring substituents is 1. The van der Waals surface area contributed by atoms with Crippen LogP contribution < -0.4 is 10.9 Å². The summed E-state index contributed by atoms with van der Waals surface area (Å²) in [6.07, 6.45) is 0.736. The normalized spacial score (nSPS) is 16.9. The number of pyridine rings is 2. The fraction of sp³-hybridized carbons (Fsp3) is 0.267. The van der Waals surface area contributed by atoms with Crippen LogP contribution in [0.5, 0.6) is 0 Å². The van der Waals surface area contributed by atoms with E-state index in [1.165, 1.54) is 17.6 Å². The maximum Gasteiger partial charge on any atom is 0.355 e. The molecule has 0 bridgehead atoms. The lowest BCUT2D eigenvalue weighted by atomic mass is 9.85. The van der Waals surface area contributed by atoms with Gasteiger partial charge in [0.15, 0.2) is 0 Å². The summed E-state index contributed by atoms with van der Waals surface area (Å²) in [4.78, 5) is 55.2. The van der Waals surface area contributed by atoms with E-state index in [0.717, 1.165) is 5.56 Å². The second-order valence-electron chi connectivity index (χ2n) is 10.1. The lowest BCUT2D eigenvalue weighted by molar-refractivity contribution is -0.383. The van der Waals surface area contributed by atoms with Crippen LogP contribution in [0.15, 0.2) is 59.4 Å². The van der Waals surface area contributed by atoms with E-state index in [0.29, 0.717) is 46.5 Å². The van der Waals surface area contributed by atoms with Crippen molar-refractivity contribution in [3.8, 4) is 11.4 Å². The number of benzene rings is 2. The number of cyclic esters (lactones) is 1. The molecule has 11 nitrogen and oxygen atoms in total. The van der Waals surface area contributed by atoms with E-state index < -0.39 is 28.0 Å². The summed E-state index contributed by atoms with van der Waals surface area (Å²) in [5.74, 6) is -1.42. The number of carbonyl (C=O) groups excluding carboxylic acids is 2. The van der Waals surface area contributed by atoms with Crippen molar-refractivity contribution in [3.05, 3.63) is 97.3 Å². The average molecular weight is 555 g/mol. The van der Waals surface area contributed by atoms with Gasteiger partial charge in [-0.2, -0.15) is 0 Å². The number of nitro groups is 1. The Morgan fingerprint density at radius 3 is 2.66 bits per heavy atom.